The zero-order chi connectivity index (χ0) is 20.8. The number of anilines is 1. The second kappa shape index (κ2) is 7.40. The first-order chi connectivity index (χ1) is 15.3. The van der Waals surface area contributed by atoms with E-state index in [9.17, 15) is 4.79 Å². The Morgan fingerprint density at radius 2 is 1.77 bits per heavy atom. The quantitative estimate of drug-likeness (QED) is 0.523. The van der Waals surface area contributed by atoms with Crippen molar-refractivity contribution in [1.29, 1.82) is 0 Å². The normalized spacial score (nSPS) is 15.8. The van der Waals surface area contributed by atoms with E-state index in [-0.39, 0.29) is 5.91 Å². The number of H-pyrrole nitrogens is 1. The molecule has 0 radical (unpaired) electrons. The van der Waals surface area contributed by atoms with Gasteiger partial charge < -0.3 is 9.88 Å². The van der Waals surface area contributed by atoms with Gasteiger partial charge in [0.15, 0.2) is 0 Å². The van der Waals surface area contributed by atoms with Gasteiger partial charge in [-0.2, -0.15) is 0 Å². The van der Waals surface area contributed by atoms with Crippen molar-refractivity contribution in [2.24, 2.45) is 0 Å². The Kier molecular flexibility index (Phi) is 4.39. The van der Waals surface area contributed by atoms with Crippen LogP contribution < -0.4 is 4.90 Å². The summed E-state index contributed by atoms with van der Waals surface area (Å²) in [6, 6.07) is 25.0. The van der Waals surface area contributed by atoms with Crippen LogP contribution in [-0.2, 0) is 25.9 Å². The predicted molar refractivity (Wildman–Crippen MR) is 124 cm³/mol. The van der Waals surface area contributed by atoms with E-state index in [1.54, 1.807) is 0 Å². The van der Waals surface area contributed by atoms with E-state index < -0.39 is 0 Å². The number of carbonyl (C=O) groups is 1. The molecule has 0 saturated carbocycles. The average molecular weight is 408 g/mol. The van der Waals surface area contributed by atoms with Crippen LogP contribution in [0.25, 0.3) is 10.9 Å². The molecule has 3 heterocycles. The van der Waals surface area contributed by atoms with Crippen molar-refractivity contribution in [3.05, 3.63) is 101 Å². The number of nitrogens with zero attached hydrogens (tertiary/aromatic N) is 2. The Morgan fingerprint density at radius 3 is 2.74 bits per heavy atom. The monoisotopic (exact) mass is 407 g/mol. The van der Waals surface area contributed by atoms with E-state index >= 15 is 0 Å². The molecule has 0 atom stereocenters. The van der Waals surface area contributed by atoms with Gasteiger partial charge >= 0.3 is 0 Å². The number of nitrogens with one attached hydrogen (secondary N) is 1. The number of hydrogen-bond donors (Lipinski definition) is 1. The molecule has 4 nitrogen and oxygen atoms in total. The van der Waals surface area contributed by atoms with E-state index in [1.165, 1.54) is 33.3 Å². The van der Waals surface area contributed by atoms with Gasteiger partial charge in [0.2, 0.25) is 0 Å². The molecular formula is C27H25N3O. The molecule has 2 aliphatic rings. The molecule has 3 aromatic carbocycles. The van der Waals surface area contributed by atoms with Crippen LogP contribution in [0.3, 0.4) is 0 Å². The van der Waals surface area contributed by atoms with E-state index in [2.05, 4.69) is 58.4 Å². The molecule has 6 rings (SSSR count). The smallest absolute Gasteiger partial charge is 0.258 e. The van der Waals surface area contributed by atoms with Crippen molar-refractivity contribution < 1.29 is 4.79 Å². The van der Waals surface area contributed by atoms with Gasteiger partial charge in [-0.15, -0.1) is 0 Å². The molecule has 4 aromatic rings. The van der Waals surface area contributed by atoms with E-state index in [0.717, 1.165) is 50.3 Å². The standard InChI is InChI=1S/C27H25N3O/c31-27(30-15-12-20-7-1-4-11-26(20)30)21-8-5-6-19(16-21)17-29-14-13-23-22-9-2-3-10-24(22)28-25(23)18-29/h1-11,16,28H,12-15,17-18H2. The number of aromatic amines is 1. The van der Waals surface area contributed by atoms with E-state index in [0.29, 0.717) is 0 Å². The first-order valence-electron chi connectivity index (χ1n) is 11.1. The number of aromatic nitrogens is 1. The number of para-hydroxylation sites is 2. The highest BCUT2D eigenvalue weighted by atomic mass is 16.2. The summed E-state index contributed by atoms with van der Waals surface area (Å²) in [4.78, 5) is 21.2. The van der Waals surface area contributed by atoms with Crippen LogP contribution >= 0.6 is 0 Å². The Morgan fingerprint density at radius 1 is 0.903 bits per heavy atom. The third-order valence-electron chi connectivity index (χ3n) is 6.67. The lowest BCUT2D eigenvalue weighted by Gasteiger charge is -2.27. The number of fused-ring (bicyclic) bond motifs is 4. The zero-order valence-electron chi connectivity index (χ0n) is 17.5. The summed E-state index contributed by atoms with van der Waals surface area (Å²) in [5, 5.41) is 1.36. The van der Waals surface area contributed by atoms with Crippen molar-refractivity contribution in [1.82, 2.24) is 9.88 Å². The highest BCUT2D eigenvalue weighted by molar-refractivity contribution is 6.07. The fraction of sp³-hybridized carbons (Fsp3) is 0.222. The highest BCUT2D eigenvalue weighted by Gasteiger charge is 2.25. The summed E-state index contributed by atoms with van der Waals surface area (Å²) < 4.78 is 0. The topological polar surface area (TPSA) is 39.3 Å². The molecule has 0 spiro atoms. The maximum atomic E-state index is 13.2. The van der Waals surface area contributed by atoms with Gasteiger partial charge in [-0.1, -0.05) is 48.5 Å². The molecule has 1 amide bonds. The van der Waals surface area contributed by atoms with Gasteiger partial charge in [-0.05, 0) is 53.8 Å². The predicted octanol–water partition coefficient (Wildman–Crippen LogP) is 4.93. The fourth-order valence-electron chi connectivity index (χ4n) is 5.15. The zero-order valence-corrected chi connectivity index (χ0v) is 17.5. The van der Waals surface area contributed by atoms with Crippen LogP contribution in [0.5, 0.6) is 0 Å². The van der Waals surface area contributed by atoms with Crippen LogP contribution in [-0.4, -0.2) is 28.9 Å². The molecule has 0 fully saturated rings. The third-order valence-corrected chi connectivity index (χ3v) is 6.67. The van der Waals surface area contributed by atoms with Crippen molar-refractivity contribution in [2.75, 3.05) is 18.0 Å². The molecule has 0 saturated heterocycles. The number of hydrogen-bond acceptors (Lipinski definition) is 2. The number of carbonyl (C=O) groups excluding carboxylic acids is 1. The Balaban J connectivity index is 1.20. The highest BCUT2D eigenvalue weighted by Crippen LogP contribution is 2.30. The van der Waals surface area contributed by atoms with E-state index in [4.69, 9.17) is 0 Å². The van der Waals surface area contributed by atoms with Gasteiger partial charge in [-0.25, -0.2) is 0 Å². The molecule has 31 heavy (non-hydrogen) atoms. The molecule has 0 bridgehead atoms. The summed E-state index contributed by atoms with van der Waals surface area (Å²) in [5.74, 6) is 0.100. The molecule has 0 unspecified atom stereocenters. The lowest BCUT2D eigenvalue weighted by Crippen LogP contribution is -2.30. The van der Waals surface area contributed by atoms with Crippen molar-refractivity contribution in [2.45, 2.75) is 25.9 Å². The van der Waals surface area contributed by atoms with Crippen LogP contribution in [0.1, 0.15) is 32.7 Å². The average Bonchev–Trinajstić information content (AvgIpc) is 3.40. The first kappa shape index (κ1) is 18.4. The lowest BCUT2D eigenvalue weighted by molar-refractivity contribution is 0.0989. The van der Waals surface area contributed by atoms with Crippen LogP contribution in [0.15, 0.2) is 72.8 Å². The van der Waals surface area contributed by atoms with Gasteiger partial charge in [0, 0.05) is 54.0 Å². The number of rotatable bonds is 3. The van der Waals surface area contributed by atoms with Crippen LogP contribution in [0, 0.1) is 0 Å². The third kappa shape index (κ3) is 3.24. The van der Waals surface area contributed by atoms with Crippen LogP contribution in [0.4, 0.5) is 5.69 Å². The summed E-state index contributed by atoms with van der Waals surface area (Å²) in [7, 11) is 0. The minimum Gasteiger partial charge on any atom is -0.357 e. The van der Waals surface area contributed by atoms with Crippen molar-refractivity contribution in [3.8, 4) is 0 Å². The lowest BCUT2D eigenvalue weighted by atomic mass is 10.0. The molecule has 0 aliphatic carbocycles. The molecular weight excluding hydrogens is 382 g/mol. The summed E-state index contributed by atoms with van der Waals surface area (Å²) in [5.41, 5.74) is 8.30. The van der Waals surface area contributed by atoms with Gasteiger partial charge in [0.05, 0.1) is 0 Å². The molecule has 4 heteroatoms. The molecule has 2 aliphatic heterocycles. The maximum Gasteiger partial charge on any atom is 0.258 e. The molecule has 154 valence electrons. The van der Waals surface area contributed by atoms with Gasteiger partial charge in [-0.3, -0.25) is 9.69 Å². The summed E-state index contributed by atoms with van der Waals surface area (Å²) in [6.45, 7) is 3.57. The van der Waals surface area contributed by atoms with E-state index in [1.807, 2.05) is 29.2 Å². The number of benzene rings is 3. The summed E-state index contributed by atoms with van der Waals surface area (Å²) >= 11 is 0. The fourth-order valence-corrected chi connectivity index (χ4v) is 5.15. The first-order valence-corrected chi connectivity index (χ1v) is 11.1. The van der Waals surface area contributed by atoms with Crippen molar-refractivity contribution in [3.63, 3.8) is 0 Å². The SMILES string of the molecule is O=C(c1cccc(CN2CCc3c([nH]c4ccccc34)C2)c1)N1CCc2ccccc21. The Hall–Kier alpha value is -3.37. The van der Waals surface area contributed by atoms with Gasteiger partial charge in [0.25, 0.3) is 5.91 Å². The maximum absolute atomic E-state index is 13.2. The second-order valence-corrected chi connectivity index (χ2v) is 8.62. The minimum absolute atomic E-state index is 0.100. The van der Waals surface area contributed by atoms with Gasteiger partial charge in [0.1, 0.15) is 0 Å². The molecule has 1 aromatic heterocycles. The second-order valence-electron chi connectivity index (χ2n) is 8.62. The Labute approximate surface area is 182 Å². The Bertz CT molecular complexity index is 1290. The number of amides is 1. The molecule has 1 N–H and O–H groups in total. The van der Waals surface area contributed by atoms with Crippen molar-refractivity contribution >= 4 is 22.5 Å². The largest absolute Gasteiger partial charge is 0.357 e. The van der Waals surface area contributed by atoms with Crippen LogP contribution in [0.2, 0.25) is 0 Å². The summed E-state index contributed by atoms with van der Waals surface area (Å²) in [6.07, 6.45) is 1.99. The minimum atomic E-state index is 0.100.